The molecule has 1 fully saturated rings. The van der Waals surface area contributed by atoms with Crippen LogP contribution in [-0.2, 0) is 25.0 Å². The molecule has 1 aliphatic rings. The predicted octanol–water partition coefficient (Wildman–Crippen LogP) is -0.171. The Bertz CT molecular complexity index is 920. The van der Waals surface area contributed by atoms with Gasteiger partial charge in [-0.05, 0) is 18.2 Å². The summed E-state index contributed by atoms with van der Waals surface area (Å²) >= 11 is 0. The fourth-order valence-electron chi connectivity index (χ4n) is 3.11. The fraction of sp³-hybridized carbons (Fsp3) is 0.562. The summed E-state index contributed by atoms with van der Waals surface area (Å²) in [5.74, 6) is -0.696. The number of primary sulfonamides is 1. The van der Waals surface area contributed by atoms with Crippen molar-refractivity contribution < 1.29 is 26.4 Å². The Morgan fingerprint density at radius 3 is 2.14 bits per heavy atom. The van der Waals surface area contributed by atoms with Crippen LogP contribution in [0, 0.1) is 0 Å². The highest BCUT2D eigenvalue weighted by molar-refractivity contribution is 7.89. The molecule has 0 aromatic heterocycles. The lowest BCUT2D eigenvalue weighted by Crippen LogP contribution is -2.53. The summed E-state index contributed by atoms with van der Waals surface area (Å²) < 4.78 is 56.0. The average Bonchev–Trinajstić information content (AvgIpc) is 2.67. The number of rotatable bonds is 7. The number of carbonyl (C=O) groups is 1. The number of sulfonamides is 1. The van der Waals surface area contributed by atoms with Crippen LogP contribution in [0.4, 0.5) is 5.69 Å². The quantitative estimate of drug-likeness (QED) is 0.590. The molecule has 12 heteroatoms. The standard InChI is InChI=1S/C16H26N4O6S2/c1-4-19(5-2)28(24,25)20-10-8-18(9-11-20)15-7-6-13(27(17,22)23)12-14(15)16(21)26-3/h6-7,12H,4-5,8-11H2,1-3H3,(H2,17,22,23). The predicted molar refractivity (Wildman–Crippen MR) is 105 cm³/mol. The number of anilines is 1. The molecule has 1 aliphatic heterocycles. The largest absolute Gasteiger partial charge is 0.465 e. The van der Waals surface area contributed by atoms with Crippen LogP contribution < -0.4 is 10.0 Å². The van der Waals surface area contributed by atoms with Crippen molar-refractivity contribution in [3.05, 3.63) is 23.8 Å². The van der Waals surface area contributed by atoms with Crippen LogP contribution in [0.15, 0.2) is 23.1 Å². The SMILES string of the molecule is CCN(CC)S(=O)(=O)N1CCN(c2ccc(S(N)(=O)=O)cc2C(=O)OC)CC1. The molecule has 10 nitrogen and oxygen atoms in total. The molecule has 0 aliphatic carbocycles. The molecule has 0 spiro atoms. The molecule has 1 aromatic rings. The molecule has 1 heterocycles. The van der Waals surface area contributed by atoms with Crippen molar-refractivity contribution >= 4 is 31.9 Å². The summed E-state index contributed by atoms with van der Waals surface area (Å²) in [5.41, 5.74) is 0.535. The molecule has 1 saturated heterocycles. The van der Waals surface area contributed by atoms with Gasteiger partial charge in [-0.25, -0.2) is 18.4 Å². The van der Waals surface area contributed by atoms with Gasteiger partial charge in [0.05, 0.1) is 23.3 Å². The lowest BCUT2D eigenvalue weighted by Gasteiger charge is -2.37. The molecule has 28 heavy (non-hydrogen) atoms. The lowest BCUT2D eigenvalue weighted by atomic mass is 10.1. The first kappa shape index (κ1) is 22.6. The van der Waals surface area contributed by atoms with Gasteiger partial charge in [0.25, 0.3) is 10.2 Å². The Balaban J connectivity index is 2.28. The van der Waals surface area contributed by atoms with Gasteiger partial charge >= 0.3 is 5.97 Å². The molecule has 2 rings (SSSR count). The molecule has 0 unspecified atom stereocenters. The normalized spacial score (nSPS) is 16.4. The van der Waals surface area contributed by atoms with Gasteiger partial charge in [0.1, 0.15) is 0 Å². The van der Waals surface area contributed by atoms with Crippen molar-refractivity contribution in [2.75, 3.05) is 51.3 Å². The van der Waals surface area contributed by atoms with Crippen LogP contribution >= 0.6 is 0 Å². The van der Waals surface area contributed by atoms with Crippen LogP contribution in [0.1, 0.15) is 24.2 Å². The van der Waals surface area contributed by atoms with Gasteiger partial charge in [-0.15, -0.1) is 0 Å². The summed E-state index contributed by atoms with van der Waals surface area (Å²) in [4.78, 5) is 13.8. The Morgan fingerprint density at radius 2 is 1.68 bits per heavy atom. The van der Waals surface area contributed by atoms with Crippen molar-refractivity contribution in [3.8, 4) is 0 Å². The first-order valence-electron chi connectivity index (χ1n) is 8.81. The second-order valence-corrected chi connectivity index (χ2v) is 9.68. The number of nitrogens with two attached hydrogens (primary N) is 1. The number of carbonyl (C=O) groups excluding carboxylic acids is 1. The zero-order chi connectivity index (χ0) is 21.1. The molecule has 0 amide bonds. The third-order valence-electron chi connectivity index (χ3n) is 4.64. The maximum atomic E-state index is 12.6. The number of nitrogens with zero attached hydrogens (tertiary/aromatic N) is 3. The molecule has 1 aromatic carbocycles. The van der Waals surface area contributed by atoms with Crippen LogP contribution in [0.5, 0.6) is 0 Å². The summed E-state index contributed by atoms with van der Waals surface area (Å²) in [6.45, 7) is 5.53. The van der Waals surface area contributed by atoms with Gasteiger partial charge < -0.3 is 9.64 Å². The number of methoxy groups -OCH3 is 1. The number of benzene rings is 1. The number of hydrogen-bond acceptors (Lipinski definition) is 7. The first-order valence-corrected chi connectivity index (χ1v) is 11.8. The van der Waals surface area contributed by atoms with Crippen molar-refractivity contribution in [2.24, 2.45) is 5.14 Å². The summed E-state index contributed by atoms with van der Waals surface area (Å²) in [6, 6.07) is 3.98. The van der Waals surface area contributed by atoms with E-state index in [0.29, 0.717) is 31.9 Å². The van der Waals surface area contributed by atoms with Crippen molar-refractivity contribution in [2.45, 2.75) is 18.7 Å². The Morgan fingerprint density at radius 1 is 1.11 bits per heavy atom. The van der Waals surface area contributed by atoms with Crippen LogP contribution in [0.25, 0.3) is 0 Å². The van der Waals surface area contributed by atoms with Crippen molar-refractivity contribution in [1.82, 2.24) is 8.61 Å². The summed E-state index contributed by atoms with van der Waals surface area (Å²) in [6.07, 6.45) is 0. The summed E-state index contributed by atoms with van der Waals surface area (Å²) in [5, 5.41) is 5.14. The zero-order valence-corrected chi connectivity index (χ0v) is 17.8. The molecular weight excluding hydrogens is 408 g/mol. The molecule has 158 valence electrons. The topological polar surface area (TPSA) is 130 Å². The van der Waals surface area contributed by atoms with E-state index in [0.717, 1.165) is 0 Å². The van der Waals surface area contributed by atoms with Crippen molar-refractivity contribution in [3.63, 3.8) is 0 Å². The number of esters is 1. The molecule has 0 bridgehead atoms. The third kappa shape index (κ3) is 4.63. The molecule has 0 radical (unpaired) electrons. The highest BCUT2D eigenvalue weighted by Crippen LogP contribution is 2.26. The van der Waals surface area contributed by atoms with E-state index >= 15 is 0 Å². The van der Waals surface area contributed by atoms with Gasteiger partial charge in [-0.1, -0.05) is 13.8 Å². The lowest BCUT2D eigenvalue weighted by molar-refractivity contribution is 0.0601. The first-order chi connectivity index (χ1) is 13.1. The third-order valence-corrected chi connectivity index (χ3v) is 7.74. The minimum Gasteiger partial charge on any atom is -0.465 e. The Labute approximate surface area is 166 Å². The zero-order valence-electron chi connectivity index (χ0n) is 16.2. The average molecular weight is 435 g/mol. The van der Waals surface area contributed by atoms with E-state index in [2.05, 4.69) is 0 Å². The maximum Gasteiger partial charge on any atom is 0.340 e. The highest BCUT2D eigenvalue weighted by atomic mass is 32.2. The van der Waals surface area contributed by atoms with E-state index in [1.54, 1.807) is 13.8 Å². The smallest absolute Gasteiger partial charge is 0.340 e. The van der Waals surface area contributed by atoms with E-state index in [-0.39, 0.29) is 23.5 Å². The molecular formula is C16H26N4O6S2. The van der Waals surface area contributed by atoms with E-state index in [9.17, 15) is 21.6 Å². The van der Waals surface area contributed by atoms with E-state index in [1.807, 2.05) is 4.90 Å². The van der Waals surface area contributed by atoms with E-state index < -0.39 is 26.2 Å². The number of ether oxygens (including phenoxy) is 1. The molecule has 0 saturated carbocycles. The van der Waals surface area contributed by atoms with Gasteiger partial charge in [0, 0.05) is 39.3 Å². The van der Waals surface area contributed by atoms with Gasteiger partial charge in [-0.2, -0.15) is 17.0 Å². The van der Waals surface area contributed by atoms with Crippen LogP contribution in [-0.4, -0.2) is 77.8 Å². The summed E-state index contributed by atoms with van der Waals surface area (Å²) in [7, 11) is -6.31. The monoisotopic (exact) mass is 434 g/mol. The minimum absolute atomic E-state index is 0.0640. The van der Waals surface area contributed by atoms with Gasteiger partial charge in [-0.3, -0.25) is 0 Å². The fourth-order valence-corrected chi connectivity index (χ4v) is 5.26. The Kier molecular flexibility index (Phi) is 7.04. The number of hydrogen-bond donors (Lipinski definition) is 1. The molecule has 0 atom stereocenters. The van der Waals surface area contributed by atoms with Crippen LogP contribution in [0.3, 0.4) is 0 Å². The number of piperazine rings is 1. The second kappa shape index (κ2) is 8.74. The second-order valence-electron chi connectivity index (χ2n) is 6.19. The van der Waals surface area contributed by atoms with E-state index in [4.69, 9.17) is 9.88 Å². The van der Waals surface area contributed by atoms with Gasteiger partial charge in [0.2, 0.25) is 10.0 Å². The highest BCUT2D eigenvalue weighted by Gasteiger charge is 2.32. The molecule has 2 N–H and O–H groups in total. The van der Waals surface area contributed by atoms with Gasteiger partial charge in [0.15, 0.2) is 0 Å². The minimum atomic E-state index is -3.98. The van der Waals surface area contributed by atoms with E-state index in [1.165, 1.54) is 33.9 Å². The maximum absolute atomic E-state index is 12.6. The Hall–Kier alpha value is -1.73. The van der Waals surface area contributed by atoms with Crippen molar-refractivity contribution in [1.29, 1.82) is 0 Å². The van der Waals surface area contributed by atoms with Crippen LogP contribution in [0.2, 0.25) is 0 Å².